The van der Waals surface area contributed by atoms with Crippen LogP contribution in [0.5, 0.6) is 0 Å². The van der Waals surface area contributed by atoms with E-state index in [4.69, 9.17) is 23.2 Å². The average molecular weight is 255 g/mol. The number of nitrogens with zero attached hydrogens (tertiary/aromatic N) is 1. The Kier molecular flexibility index (Phi) is 2.13. The topological polar surface area (TPSA) is 34.0 Å². The molecular weight excluding hydrogens is 247 g/mol. The van der Waals surface area contributed by atoms with Crippen LogP contribution in [0.2, 0.25) is 10.0 Å². The molecule has 1 aromatic heterocycles. The van der Waals surface area contributed by atoms with Gasteiger partial charge in [0.2, 0.25) is 5.91 Å². The fraction of sp³-hybridized carbons (Fsp3) is 0.182. The normalized spacial score (nSPS) is 15.0. The fourth-order valence-electron chi connectivity index (χ4n) is 2.06. The quantitative estimate of drug-likeness (QED) is 0.771. The van der Waals surface area contributed by atoms with E-state index in [1.54, 1.807) is 6.07 Å². The van der Waals surface area contributed by atoms with Crippen molar-refractivity contribution in [2.45, 2.75) is 13.1 Å². The van der Waals surface area contributed by atoms with Gasteiger partial charge in [-0.2, -0.15) is 0 Å². The molecule has 82 valence electrons. The number of halogens is 2. The van der Waals surface area contributed by atoms with Gasteiger partial charge >= 0.3 is 0 Å². The summed E-state index contributed by atoms with van der Waals surface area (Å²) >= 11 is 12.1. The van der Waals surface area contributed by atoms with Crippen molar-refractivity contribution in [3.05, 3.63) is 33.9 Å². The smallest absolute Gasteiger partial charge is 0.240 e. The SMILES string of the molecule is O=C1Cn2c(cc3ccc(Cl)c(Cl)c32)CN1. The Bertz CT molecular complexity index is 604. The van der Waals surface area contributed by atoms with Gasteiger partial charge in [-0.3, -0.25) is 4.79 Å². The van der Waals surface area contributed by atoms with Crippen molar-refractivity contribution in [3.8, 4) is 0 Å². The highest BCUT2D eigenvalue weighted by molar-refractivity contribution is 6.45. The van der Waals surface area contributed by atoms with Gasteiger partial charge in [-0.05, 0) is 12.1 Å². The van der Waals surface area contributed by atoms with Crippen LogP contribution in [-0.2, 0) is 17.9 Å². The maximum atomic E-state index is 11.4. The number of carbonyl (C=O) groups is 1. The summed E-state index contributed by atoms with van der Waals surface area (Å²) in [6.07, 6.45) is 0. The number of carbonyl (C=O) groups excluding carboxylic acids is 1. The minimum absolute atomic E-state index is 0.000965. The Morgan fingerprint density at radius 2 is 2.12 bits per heavy atom. The van der Waals surface area contributed by atoms with E-state index in [2.05, 4.69) is 5.32 Å². The minimum atomic E-state index is 0.000965. The summed E-state index contributed by atoms with van der Waals surface area (Å²) in [4.78, 5) is 11.4. The zero-order chi connectivity index (χ0) is 11.3. The summed E-state index contributed by atoms with van der Waals surface area (Å²) in [5.74, 6) is 0.000965. The summed E-state index contributed by atoms with van der Waals surface area (Å²) < 4.78 is 1.92. The van der Waals surface area contributed by atoms with E-state index in [0.717, 1.165) is 16.6 Å². The van der Waals surface area contributed by atoms with Crippen LogP contribution in [0.15, 0.2) is 18.2 Å². The summed E-state index contributed by atoms with van der Waals surface area (Å²) in [6.45, 7) is 0.848. The molecule has 1 aliphatic rings. The molecule has 16 heavy (non-hydrogen) atoms. The van der Waals surface area contributed by atoms with Gasteiger partial charge in [-0.15, -0.1) is 0 Å². The highest BCUT2D eigenvalue weighted by atomic mass is 35.5. The lowest BCUT2D eigenvalue weighted by Crippen LogP contribution is -2.33. The standard InChI is InChI=1S/C11H8Cl2N2O/c12-8-2-1-6-3-7-4-14-9(16)5-15(7)11(6)10(8)13/h1-3H,4-5H2,(H,14,16). The molecule has 2 heterocycles. The van der Waals surface area contributed by atoms with Crippen molar-refractivity contribution in [3.63, 3.8) is 0 Å². The van der Waals surface area contributed by atoms with Crippen LogP contribution in [0.4, 0.5) is 0 Å². The Hall–Kier alpha value is -1.19. The highest BCUT2D eigenvalue weighted by Crippen LogP contribution is 2.33. The second kappa shape index (κ2) is 3.40. The number of aromatic nitrogens is 1. The minimum Gasteiger partial charge on any atom is -0.349 e. The molecule has 0 spiro atoms. The van der Waals surface area contributed by atoms with Crippen LogP contribution >= 0.6 is 23.2 Å². The van der Waals surface area contributed by atoms with Gasteiger partial charge in [0.05, 0.1) is 22.1 Å². The van der Waals surface area contributed by atoms with Crippen LogP contribution in [0.1, 0.15) is 5.69 Å². The van der Waals surface area contributed by atoms with E-state index in [-0.39, 0.29) is 5.91 Å². The molecule has 0 unspecified atom stereocenters. The summed E-state index contributed by atoms with van der Waals surface area (Å²) in [5.41, 5.74) is 1.90. The second-order valence-electron chi connectivity index (χ2n) is 3.80. The Morgan fingerprint density at radius 1 is 1.31 bits per heavy atom. The Morgan fingerprint density at radius 3 is 2.94 bits per heavy atom. The number of rotatable bonds is 0. The van der Waals surface area contributed by atoms with Crippen molar-refractivity contribution < 1.29 is 4.79 Å². The Labute approximate surface area is 102 Å². The van der Waals surface area contributed by atoms with E-state index in [0.29, 0.717) is 23.1 Å². The van der Waals surface area contributed by atoms with Crippen molar-refractivity contribution >= 4 is 40.0 Å². The van der Waals surface area contributed by atoms with Gasteiger partial charge in [-0.25, -0.2) is 0 Å². The first-order chi connectivity index (χ1) is 7.66. The number of nitrogens with one attached hydrogen (secondary N) is 1. The van der Waals surface area contributed by atoms with Crippen molar-refractivity contribution in [1.82, 2.24) is 9.88 Å². The third-order valence-electron chi connectivity index (χ3n) is 2.81. The van der Waals surface area contributed by atoms with E-state index in [9.17, 15) is 4.79 Å². The molecular formula is C11H8Cl2N2O. The first-order valence-corrected chi connectivity index (χ1v) is 5.65. The molecule has 1 aliphatic heterocycles. The van der Waals surface area contributed by atoms with E-state index in [1.807, 2.05) is 16.7 Å². The number of hydrogen-bond acceptors (Lipinski definition) is 1. The van der Waals surface area contributed by atoms with E-state index < -0.39 is 0 Å². The lowest BCUT2D eigenvalue weighted by Gasteiger charge is -2.17. The highest BCUT2D eigenvalue weighted by Gasteiger charge is 2.19. The molecule has 3 rings (SSSR count). The first-order valence-electron chi connectivity index (χ1n) is 4.89. The maximum absolute atomic E-state index is 11.4. The molecule has 3 nitrogen and oxygen atoms in total. The van der Waals surface area contributed by atoms with Gasteiger partial charge in [0.25, 0.3) is 0 Å². The van der Waals surface area contributed by atoms with Gasteiger partial charge < -0.3 is 9.88 Å². The van der Waals surface area contributed by atoms with E-state index in [1.165, 1.54) is 0 Å². The average Bonchev–Trinajstić information content (AvgIpc) is 2.62. The van der Waals surface area contributed by atoms with Crippen LogP contribution in [-0.4, -0.2) is 10.5 Å². The van der Waals surface area contributed by atoms with Crippen molar-refractivity contribution in [1.29, 1.82) is 0 Å². The van der Waals surface area contributed by atoms with E-state index >= 15 is 0 Å². The predicted octanol–water partition coefficient (Wildman–Crippen LogP) is 2.58. The molecule has 1 amide bonds. The molecule has 0 saturated carbocycles. The summed E-state index contributed by atoms with van der Waals surface area (Å²) in [5, 5.41) is 4.84. The third-order valence-corrected chi connectivity index (χ3v) is 3.60. The van der Waals surface area contributed by atoms with Gasteiger partial charge in [-0.1, -0.05) is 29.3 Å². The molecule has 0 atom stereocenters. The molecule has 0 fully saturated rings. The largest absolute Gasteiger partial charge is 0.349 e. The Balaban J connectivity index is 2.36. The van der Waals surface area contributed by atoms with Crippen LogP contribution in [0.3, 0.4) is 0 Å². The molecule has 0 bridgehead atoms. The predicted molar refractivity (Wildman–Crippen MR) is 63.8 cm³/mol. The molecule has 1 N–H and O–H groups in total. The molecule has 2 aromatic rings. The maximum Gasteiger partial charge on any atom is 0.240 e. The number of fused-ring (bicyclic) bond motifs is 3. The summed E-state index contributed by atoms with van der Waals surface area (Å²) in [6, 6.07) is 5.71. The van der Waals surface area contributed by atoms with Gasteiger partial charge in [0.15, 0.2) is 0 Å². The lowest BCUT2D eigenvalue weighted by atomic mass is 10.2. The summed E-state index contributed by atoms with van der Waals surface area (Å²) in [7, 11) is 0. The van der Waals surface area contributed by atoms with Crippen LogP contribution < -0.4 is 5.32 Å². The van der Waals surface area contributed by atoms with Crippen LogP contribution in [0, 0.1) is 0 Å². The molecule has 0 aliphatic carbocycles. The van der Waals surface area contributed by atoms with Gasteiger partial charge in [0, 0.05) is 11.1 Å². The number of hydrogen-bond donors (Lipinski definition) is 1. The fourth-order valence-corrected chi connectivity index (χ4v) is 2.49. The molecule has 0 saturated heterocycles. The molecule has 0 radical (unpaired) electrons. The zero-order valence-electron chi connectivity index (χ0n) is 8.26. The molecule has 5 heteroatoms. The third kappa shape index (κ3) is 1.32. The zero-order valence-corrected chi connectivity index (χ0v) is 9.77. The lowest BCUT2D eigenvalue weighted by molar-refractivity contribution is -0.122. The monoisotopic (exact) mass is 254 g/mol. The number of amides is 1. The molecule has 1 aromatic carbocycles. The second-order valence-corrected chi connectivity index (χ2v) is 4.58. The van der Waals surface area contributed by atoms with Crippen LogP contribution in [0.25, 0.3) is 10.9 Å². The van der Waals surface area contributed by atoms with Gasteiger partial charge in [0.1, 0.15) is 6.54 Å². The first kappa shape index (κ1) is 10.00. The number of benzene rings is 1. The van der Waals surface area contributed by atoms with Crippen molar-refractivity contribution in [2.24, 2.45) is 0 Å². The van der Waals surface area contributed by atoms with Crippen molar-refractivity contribution in [2.75, 3.05) is 0 Å².